The number of nitrogens with one attached hydrogen (secondary N) is 1. The molecule has 0 bridgehead atoms. The van der Waals surface area contributed by atoms with E-state index in [0.29, 0.717) is 5.56 Å². The summed E-state index contributed by atoms with van der Waals surface area (Å²) in [5.41, 5.74) is -0.568. The van der Waals surface area contributed by atoms with E-state index < -0.39 is 16.4 Å². The van der Waals surface area contributed by atoms with Crippen molar-refractivity contribution in [2.45, 2.75) is 32.2 Å². The zero-order valence-corrected chi connectivity index (χ0v) is 12.5. The summed E-state index contributed by atoms with van der Waals surface area (Å²) in [6.45, 7) is 2.97. The van der Waals surface area contributed by atoms with Gasteiger partial charge in [-0.25, -0.2) is 0 Å². The van der Waals surface area contributed by atoms with E-state index in [1.165, 1.54) is 12.1 Å². The molecular weight excluding hydrogens is 286 g/mol. The third kappa shape index (κ3) is 3.34. The summed E-state index contributed by atoms with van der Waals surface area (Å²) in [4.78, 5) is 22.3. The fraction of sp³-hybridized carbons (Fsp3) is 0.467. The maximum atomic E-state index is 11.9. The van der Waals surface area contributed by atoms with Gasteiger partial charge in [0.1, 0.15) is 11.3 Å². The second kappa shape index (κ2) is 6.02. The highest BCUT2D eigenvalue weighted by Crippen LogP contribution is 2.39. The van der Waals surface area contributed by atoms with Gasteiger partial charge in [0.2, 0.25) is 0 Å². The number of amides is 1. The third-order valence-corrected chi connectivity index (χ3v) is 3.84. The van der Waals surface area contributed by atoms with Crippen molar-refractivity contribution in [3.63, 3.8) is 0 Å². The molecule has 1 aliphatic rings. The van der Waals surface area contributed by atoms with Gasteiger partial charge < -0.3 is 10.1 Å². The summed E-state index contributed by atoms with van der Waals surface area (Å²) < 4.78 is 5.35. The molecule has 7 nitrogen and oxygen atoms in total. The van der Waals surface area contributed by atoms with E-state index in [9.17, 15) is 20.2 Å². The quantitative estimate of drug-likeness (QED) is 0.640. The Morgan fingerprint density at radius 2 is 2.27 bits per heavy atom. The van der Waals surface area contributed by atoms with Crippen LogP contribution in [0.2, 0.25) is 0 Å². The minimum Gasteiger partial charge on any atom is -0.483 e. The fourth-order valence-electron chi connectivity index (χ4n) is 2.31. The van der Waals surface area contributed by atoms with Gasteiger partial charge in [0.15, 0.2) is 6.61 Å². The average molecular weight is 303 g/mol. The van der Waals surface area contributed by atoms with E-state index in [2.05, 4.69) is 11.4 Å². The van der Waals surface area contributed by atoms with Crippen molar-refractivity contribution in [1.82, 2.24) is 5.32 Å². The smallest absolute Gasteiger partial charge is 0.276 e. The second-order valence-corrected chi connectivity index (χ2v) is 5.58. The number of carbonyl (C=O) groups is 1. The summed E-state index contributed by atoms with van der Waals surface area (Å²) in [7, 11) is 0. The van der Waals surface area contributed by atoms with Crippen molar-refractivity contribution in [3.8, 4) is 11.8 Å². The first-order chi connectivity index (χ1) is 10.4. The van der Waals surface area contributed by atoms with Gasteiger partial charge in [-0.2, -0.15) is 5.26 Å². The topological polar surface area (TPSA) is 105 Å². The first-order valence-electron chi connectivity index (χ1n) is 6.96. The highest BCUT2D eigenvalue weighted by Gasteiger charge is 2.43. The lowest BCUT2D eigenvalue weighted by molar-refractivity contribution is -0.385. The van der Waals surface area contributed by atoms with Crippen LogP contribution in [-0.4, -0.2) is 23.0 Å². The molecule has 0 saturated heterocycles. The predicted octanol–water partition coefficient (Wildman–Crippen LogP) is 2.09. The van der Waals surface area contributed by atoms with Crippen LogP contribution in [0.25, 0.3) is 0 Å². The van der Waals surface area contributed by atoms with Crippen LogP contribution in [0.1, 0.15) is 25.3 Å². The molecular formula is C15H17N3O4. The molecule has 1 aromatic rings. The minimum absolute atomic E-state index is 0.0576. The molecule has 22 heavy (non-hydrogen) atoms. The summed E-state index contributed by atoms with van der Waals surface area (Å²) in [6.07, 6.45) is 1.85. The number of carbonyl (C=O) groups excluding carboxylic acids is 1. The fourth-order valence-corrected chi connectivity index (χ4v) is 2.31. The number of rotatable bonds is 6. The number of nitro groups is 1. The highest BCUT2D eigenvalue weighted by atomic mass is 16.6. The Morgan fingerprint density at radius 1 is 1.59 bits per heavy atom. The standard InChI is InChI=1S/C15H17N3O4/c1-10-12(18(20)21)4-3-5-13(10)22-8-14(19)17-15(2,9-16)11-6-7-11/h3-5,11H,6-8H2,1-2H3,(H,17,19)/t15-/m1/s1. The molecule has 0 spiro atoms. The lowest BCUT2D eigenvalue weighted by atomic mass is 9.98. The van der Waals surface area contributed by atoms with Crippen LogP contribution in [0, 0.1) is 34.3 Å². The summed E-state index contributed by atoms with van der Waals surface area (Å²) in [5, 5.41) is 22.7. The van der Waals surface area contributed by atoms with Gasteiger partial charge in [0.05, 0.1) is 16.6 Å². The van der Waals surface area contributed by atoms with Crippen molar-refractivity contribution < 1.29 is 14.5 Å². The molecule has 1 aliphatic carbocycles. The zero-order chi connectivity index (χ0) is 16.3. The molecule has 1 amide bonds. The summed E-state index contributed by atoms with van der Waals surface area (Å²) in [6, 6.07) is 6.58. The van der Waals surface area contributed by atoms with Crippen molar-refractivity contribution in [2.24, 2.45) is 5.92 Å². The van der Waals surface area contributed by atoms with Crippen molar-refractivity contribution >= 4 is 11.6 Å². The van der Waals surface area contributed by atoms with E-state index in [1.54, 1.807) is 19.9 Å². The number of hydrogen-bond acceptors (Lipinski definition) is 5. The van der Waals surface area contributed by atoms with E-state index in [4.69, 9.17) is 4.74 Å². The summed E-state index contributed by atoms with van der Waals surface area (Å²) in [5.74, 6) is 0.0530. The molecule has 0 aliphatic heterocycles. The number of benzene rings is 1. The lowest BCUT2D eigenvalue weighted by Gasteiger charge is -2.22. The largest absolute Gasteiger partial charge is 0.483 e. The molecule has 0 radical (unpaired) electrons. The molecule has 7 heteroatoms. The monoisotopic (exact) mass is 303 g/mol. The Morgan fingerprint density at radius 3 is 2.82 bits per heavy atom. The third-order valence-electron chi connectivity index (χ3n) is 3.84. The first-order valence-corrected chi connectivity index (χ1v) is 6.96. The average Bonchev–Trinajstić information content (AvgIpc) is 3.30. The van der Waals surface area contributed by atoms with Crippen LogP contribution < -0.4 is 10.1 Å². The molecule has 0 aromatic heterocycles. The molecule has 116 valence electrons. The van der Waals surface area contributed by atoms with Crippen LogP contribution in [0.15, 0.2) is 18.2 Å². The number of hydrogen-bond donors (Lipinski definition) is 1. The molecule has 1 atom stereocenters. The Labute approximate surface area is 128 Å². The van der Waals surface area contributed by atoms with Crippen molar-refractivity contribution in [1.29, 1.82) is 5.26 Å². The van der Waals surface area contributed by atoms with E-state index >= 15 is 0 Å². The number of nitrogens with zero attached hydrogens (tertiary/aromatic N) is 2. The van der Waals surface area contributed by atoms with Gasteiger partial charge in [-0.15, -0.1) is 0 Å². The highest BCUT2D eigenvalue weighted by molar-refractivity contribution is 5.79. The molecule has 0 heterocycles. The molecule has 1 saturated carbocycles. The maximum Gasteiger partial charge on any atom is 0.276 e. The van der Waals surface area contributed by atoms with Crippen LogP contribution in [0.3, 0.4) is 0 Å². The lowest BCUT2D eigenvalue weighted by Crippen LogP contribution is -2.48. The minimum atomic E-state index is -0.877. The molecule has 0 unspecified atom stereocenters. The van der Waals surface area contributed by atoms with Gasteiger partial charge in [0.25, 0.3) is 11.6 Å². The Balaban J connectivity index is 1.98. The summed E-state index contributed by atoms with van der Waals surface area (Å²) >= 11 is 0. The second-order valence-electron chi connectivity index (χ2n) is 5.58. The van der Waals surface area contributed by atoms with Crippen LogP contribution >= 0.6 is 0 Å². The Kier molecular flexibility index (Phi) is 4.31. The first kappa shape index (κ1) is 15.8. The van der Waals surface area contributed by atoms with E-state index in [0.717, 1.165) is 12.8 Å². The van der Waals surface area contributed by atoms with Crippen molar-refractivity contribution in [2.75, 3.05) is 6.61 Å². The zero-order valence-electron chi connectivity index (χ0n) is 12.5. The van der Waals surface area contributed by atoms with Gasteiger partial charge >= 0.3 is 0 Å². The van der Waals surface area contributed by atoms with Crippen LogP contribution in [0.5, 0.6) is 5.75 Å². The van der Waals surface area contributed by atoms with E-state index in [-0.39, 0.29) is 24.0 Å². The van der Waals surface area contributed by atoms with Crippen molar-refractivity contribution in [3.05, 3.63) is 33.9 Å². The number of ether oxygens (including phenoxy) is 1. The van der Waals surface area contributed by atoms with Gasteiger partial charge in [-0.3, -0.25) is 14.9 Å². The molecule has 2 rings (SSSR count). The maximum absolute atomic E-state index is 11.9. The molecule has 1 fully saturated rings. The number of nitriles is 1. The van der Waals surface area contributed by atoms with Crippen LogP contribution in [0.4, 0.5) is 5.69 Å². The Bertz CT molecular complexity index is 649. The normalized spacial score (nSPS) is 16.2. The van der Waals surface area contributed by atoms with Crippen LogP contribution in [-0.2, 0) is 4.79 Å². The molecule has 1 N–H and O–H groups in total. The van der Waals surface area contributed by atoms with Gasteiger partial charge in [-0.05, 0) is 38.7 Å². The Hall–Kier alpha value is -2.62. The molecule has 1 aromatic carbocycles. The SMILES string of the molecule is Cc1c(OCC(=O)N[C@](C)(C#N)C2CC2)cccc1[N+](=O)[O-]. The number of nitro benzene ring substituents is 1. The van der Waals surface area contributed by atoms with E-state index in [1.807, 2.05) is 0 Å². The van der Waals surface area contributed by atoms with Gasteiger partial charge in [0, 0.05) is 6.07 Å². The predicted molar refractivity (Wildman–Crippen MR) is 78.2 cm³/mol. The van der Waals surface area contributed by atoms with Gasteiger partial charge in [-0.1, -0.05) is 6.07 Å².